The van der Waals surface area contributed by atoms with Gasteiger partial charge in [-0.25, -0.2) is 4.98 Å². The summed E-state index contributed by atoms with van der Waals surface area (Å²) in [5, 5.41) is 6.01. The van der Waals surface area contributed by atoms with Crippen LogP contribution in [0.1, 0.15) is 42.6 Å². The molecule has 3 heterocycles. The lowest BCUT2D eigenvalue weighted by Crippen LogP contribution is -2.37. The van der Waals surface area contributed by atoms with Gasteiger partial charge in [0.15, 0.2) is 0 Å². The number of carbonyl (C=O) groups is 2. The highest BCUT2D eigenvalue weighted by molar-refractivity contribution is 6.04. The fourth-order valence-corrected chi connectivity index (χ4v) is 3.65. The standard InChI is InChI=1S/C23H24N6O2/c1-3-19(4-2)29-20(30)12-16-14-25-23(28-21(16)29)27-18-9-7-17(8-10-18)26-22(31)15-6-5-11-24-13-15/h5-11,13-14,19H,3-4,12H2,1-2H3,(H,26,31)(H,25,27,28). The maximum Gasteiger partial charge on any atom is 0.257 e. The van der Waals surface area contributed by atoms with E-state index >= 15 is 0 Å². The minimum atomic E-state index is -0.220. The smallest absolute Gasteiger partial charge is 0.257 e. The van der Waals surface area contributed by atoms with Crippen molar-refractivity contribution in [1.82, 2.24) is 15.0 Å². The molecule has 0 spiro atoms. The van der Waals surface area contributed by atoms with Crippen LogP contribution in [0.5, 0.6) is 0 Å². The first-order valence-corrected chi connectivity index (χ1v) is 10.4. The molecule has 0 fully saturated rings. The number of anilines is 4. The topological polar surface area (TPSA) is 100 Å². The van der Waals surface area contributed by atoms with Gasteiger partial charge in [0.05, 0.1) is 12.0 Å². The van der Waals surface area contributed by atoms with E-state index in [1.165, 1.54) is 6.20 Å². The second-order valence-electron chi connectivity index (χ2n) is 7.35. The zero-order valence-electron chi connectivity index (χ0n) is 17.5. The highest BCUT2D eigenvalue weighted by Crippen LogP contribution is 2.31. The number of pyridine rings is 1. The molecule has 0 saturated heterocycles. The molecule has 31 heavy (non-hydrogen) atoms. The number of fused-ring (bicyclic) bond motifs is 1. The zero-order valence-corrected chi connectivity index (χ0v) is 17.5. The number of amides is 2. The third kappa shape index (κ3) is 4.37. The summed E-state index contributed by atoms with van der Waals surface area (Å²) in [6.45, 7) is 4.16. The fraction of sp³-hybridized carbons (Fsp3) is 0.261. The molecule has 8 nitrogen and oxygen atoms in total. The van der Waals surface area contributed by atoms with Crippen LogP contribution in [0.4, 0.5) is 23.1 Å². The normalized spacial score (nSPS) is 12.7. The lowest BCUT2D eigenvalue weighted by atomic mass is 10.1. The van der Waals surface area contributed by atoms with E-state index in [1.807, 2.05) is 12.1 Å². The number of carbonyl (C=O) groups excluding carboxylic acids is 2. The summed E-state index contributed by atoms with van der Waals surface area (Å²) in [5.41, 5.74) is 2.79. The van der Waals surface area contributed by atoms with Gasteiger partial charge >= 0.3 is 0 Å². The van der Waals surface area contributed by atoms with E-state index < -0.39 is 0 Å². The van der Waals surface area contributed by atoms with Crippen LogP contribution < -0.4 is 15.5 Å². The average Bonchev–Trinajstić information content (AvgIpc) is 3.12. The zero-order chi connectivity index (χ0) is 21.8. The Balaban J connectivity index is 1.47. The van der Waals surface area contributed by atoms with Crippen molar-refractivity contribution in [3.8, 4) is 0 Å². The van der Waals surface area contributed by atoms with Crippen LogP contribution in [-0.2, 0) is 11.2 Å². The maximum atomic E-state index is 12.5. The van der Waals surface area contributed by atoms with Gasteiger partial charge < -0.3 is 10.6 Å². The molecule has 0 bridgehead atoms. The van der Waals surface area contributed by atoms with Gasteiger partial charge in [0.25, 0.3) is 5.91 Å². The first kappa shape index (κ1) is 20.5. The van der Waals surface area contributed by atoms with E-state index in [1.54, 1.807) is 41.6 Å². The number of aromatic nitrogens is 3. The number of rotatable bonds is 7. The lowest BCUT2D eigenvalue weighted by Gasteiger charge is -2.25. The van der Waals surface area contributed by atoms with Crippen LogP contribution in [-0.4, -0.2) is 32.8 Å². The molecule has 8 heteroatoms. The van der Waals surface area contributed by atoms with Crippen molar-refractivity contribution in [1.29, 1.82) is 0 Å². The van der Waals surface area contributed by atoms with E-state index in [2.05, 4.69) is 39.4 Å². The van der Waals surface area contributed by atoms with Crippen molar-refractivity contribution in [3.63, 3.8) is 0 Å². The van der Waals surface area contributed by atoms with Crippen molar-refractivity contribution in [2.75, 3.05) is 15.5 Å². The number of hydrogen-bond donors (Lipinski definition) is 2. The van der Waals surface area contributed by atoms with Crippen LogP contribution in [0.25, 0.3) is 0 Å². The van der Waals surface area contributed by atoms with Crippen LogP contribution in [0.3, 0.4) is 0 Å². The minimum Gasteiger partial charge on any atom is -0.324 e. The Labute approximate surface area is 180 Å². The van der Waals surface area contributed by atoms with Gasteiger partial charge in [-0.05, 0) is 49.2 Å². The number of nitrogens with one attached hydrogen (secondary N) is 2. The largest absolute Gasteiger partial charge is 0.324 e. The van der Waals surface area contributed by atoms with Crippen LogP contribution >= 0.6 is 0 Å². The van der Waals surface area contributed by atoms with Gasteiger partial charge in [0.2, 0.25) is 11.9 Å². The Bertz CT molecular complexity index is 1080. The van der Waals surface area contributed by atoms with E-state index in [-0.39, 0.29) is 17.9 Å². The molecule has 0 radical (unpaired) electrons. The Hall–Kier alpha value is -3.81. The van der Waals surface area contributed by atoms with Gasteiger partial charge in [0.1, 0.15) is 5.82 Å². The summed E-state index contributed by atoms with van der Waals surface area (Å²) in [6.07, 6.45) is 6.95. The summed E-state index contributed by atoms with van der Waals surface area (Å²) in [4.78, 5) is 39.5. The SMILES string of the molecule is CCC(CC)N1C(=O)Cc2cnc(Nc3ccc(NC(=O)c4cccnc4)cc3)nc21. The second kappa shape index (κ2) is 8.91. The van der Waals surface area contributed by atoms with Gasteiger partial charge in [-0.2, -0.15) is 4.98 Å². The molecular weight excluding hydrogens is 392 g/mol. The van der Waals surface area contributed by atoms with Crippen molar-refractivity contribution in [2.24, 2.45) is 0 Å². The molecule has 158 valence electrons. The van der Waals surface area contributed by atoms with Gasteiger partial charge in [-0.15, -0.1) is 0 Å². The average molecular weight is 416 g/mol. The predicted octanol–water partition coefficient (Wildman–Crippen LogP) is 3.95. The Morgan fingerprint density at radius 2 is 1.84 bits per heavy atom. The van der Waals surface area contributed by atoms with E-state index in [0.717, 1.165) is 24.1 Å². The van der Waals surface area contributed by atoms with Crippen molar-refractivity contribution >= 4 is 35.0 Å². The van der Waals surface area contributed by atoms with Crippen LogP contribution in [0, 0.1) is 0 Å². The van der Waals surface area contributed by atoms with E-state index in [0.29, 0.717) is 29.4 Å². The number of hydrogen-bond acceptors (Lipinski definition) is 6. The molecule has 2 N–H and O–H groups in total. The third-order valence-corrected chi connectivity index (χ3v) is 5.31. The highest BCUT2D eigenvalue weighted by atomic mass is 16.2. The molecule has 3 aromatic rings. The molecule has 0 unspecified atom stereocenters. The van der Waals surface area contributed by atoms with Crippen molar-refractivity contribution in [2.45, 2.75) is 39.2 Å². The Morgan fingerprint density at radius 3 is 2.52 bits per heavy atom. The Morgan fingerprint density at radius 1 is 1.10 bits per heavy atom. The number of benzene rings is 1. The molecule has 0 atom stereocenters. The monoisotopic (exact) mass is 416 g/mol. The maximum absolute atomic E-state index is 12.5. The fourth-order valence-electron chi connectivity index (χ4n) is 3.65. The molecule has 1 aliphatic rings. The van der Waals surface area contributed by atoms with E-state index in [4.69, 9.17) is 0 Å². The van der Waals surface area contributed by atoms with Crippen molar-refractivity contribution in [3.05, 3.63) is 66.1 Å². The summed E-state index contributed by atoms with van der Waals surface area (Å²) in [5.74, 6) is 0.971. The molecule has 0 aliphatic carbocycles. The third-order valence-electron chi connectivity index (χ3n) is 5.31. The summed E-state index contributed by atoms with van der Waals surface area (Å²) in [7, 11) is 0. The van der Waals surface area contributed by atoms with Gasteiger partial charge in [0, 0.05) is 41.6 Å². The molecule has 1 aromatic carbocycles. The first-order chi connectivity index (χ1) is 15.1. The summed E-state index contributed by atoms with van der Waals surface area (Å²) < 4.78 is 0. The molecule has 2 aromatic heterocycles. The predicted molar refractivity (Wildman–Crippen MR) is 120 cm³/mol. The molecule has 4 rings (SSSR count). The number of nitrogens with zero attached hydrogens (tertiary/aromatic N) is 4. The molecular formula is C23H24N6O2. The highest BCUT2D eigenvalue weighted by Gasteiger charge is 2.33. The quantitative estimate of drug-likeness (QED) is 0.605. The van der Waals surface area contributed by atoms with E-state index in [9.17, 15) is 9.59 Å². The molecule has 1 aliphatic heterocycles. The van der Waals surface area contributed by atoms with Crippen molar-refractivity contribution < 1.29 is 9.59 Å². The van der Waals surface area contributed by atoms with Gasteiger partial charge in [-0.3, -0.25) is 19.5 Å². The minimum absolute atomic E-state index is 0.0730. The summed E-state index contributed by atoms with van der Waals surface area (Å²) >= 11 is 0. The van der Waals surface area contributed by atoms with Gasteiger partial charge in [-0.1, -0.05) is 13.8 Å². The summed E-state index contributed by atoms with van der Waals surface area (Å²) in [6, 6.07) is 10.8. The second-order valence-corrected chi connectivity index (χ2v) is 7.35. The van der Waals surface area contributed by atoms with Crippen LogP contribution in [0.15, 0.2) is 55.0 Å². The first-order valence-electron chi connectivity index (χ1n) is 10.4. The molecule has 0 saturated carbocycles. The Kier molecular flexibility index (Phi) is 5.88. The van der Waals surface area contributed by atoms with Crippen LogP contribution in [0.2, 0.25) is 0 Å². The lowest BCUT2D eigenvalue weighted by molar-refractivity contribution is -0.117. The molecule has 2 amide bonds.